The lowest BCUT2D eigenvalue weighted by molar-refractivity contribution is -0.480. The molecule has 13 heteroatoms. The Hall–Kier alpha value is -3.68. The summed E-state index contributed by atoms with van der Waals surface area (Å²) in [6.45, 7) is 3.49. The van der Waals surface area contributed by atoms with Crippen LogP contribution in [0.15, 0.2) is 66.9 Å². The lowest BCUT2D eigenvalue weighted by Gasteiger charge is -2.51. The van der Waals surface area contributed by atoms with E-state index in [2.05, 4.69) is 16.4 Å². The van der Waals surface area contributed by atoms with Crippen LogP contribution in [0.3, 0.4) is 0 Å². The molecule has 6 rings (SSSR count). The Morgan fingerprint density at radius 3 is 1.91 bits per heavy atom. The van der Waals surface area contributed by atoms with Gasteiger partial charge in [-0.25, -0.2) is 13.2 Å². The lowest BCUT2D eigenvalue weighted by Crippen LogP contribution is -2.58. The van der Waals surface area contributed by atoms with Crippen LogP contribution in [0, 0.1) is 22.9 Å². The van der Waals surface area contributed by atoms with Crippen LogP contribution in [-0.2, 0) is 26.3 Å². The maximum absolute atomic E-state index is 14.9. The smallest absolute Gasteiger partial charge is 0.429 e. The molecule has 0 aromatic heterocycles. The summed E-state index contributed by atoms with van der Waals surface area (Å²) in [6.07, 6.45) is -7.78. The molecule has 43 heavy (non-hydrogen) atoms. The number of hydrogen-bond donors (Lipinski definition) is 0. The molecule has 0 spiro atoms. The predicted molar refractivity (Wildman–Crippen MR) is 135 cm³/mol. The Morgan fingerprint density at radius 1 is 0.791 bits per heavy atom. The van der Waals surface area contributed by atoms with Gasteiger partial charge < -0.3 is 23.7 Å². The van der Waals surface area contributed by atoms with Gasteiger partial charge in [-0.15, -0.1) is 0 Å². The van der Waals surface area contributed by atoms with Gasteiger partial charge in [0.15, 0.2) is 17.4 Å². The van der Waals surface area contributed by atoms with Gasteiger partial charge in [0.25, 0.3) is 0 Å². The van der Waals surface area contributed by atoms with E-state index in [0.29, 0.717) is 30.9 Å². The molecule has 0 aliphatic carbocycles. The van der Waals surface area contributed by atoms with Gasteiger partial charge in [0.05, 0.1) is 37.7 Å². The van der Waals surface area contributed by atoms with Crippen LogP contribution < -0.4 is 9.47 Å². The number of hydrogen-bond acceptors (Lipinski definition) is 5. The van der Waals surface area contributed by atoms with E-state index >= 15 is 0 Å². The zero-order valence-electron chi connectivity index (χ0n) is 22.5. The molecule has 0 atom stereocenters. The van der Waals surface area contributed by atoms with Crippen molar-refractivity contribution in [2.75, 3.05) is 19.8 Å². The second-order valence-electron chi connectivity index (χ2n) is 10.2. The first-order valence-corrected chi connectivity index (χ1v) is 13.0. The van der Waals surface area contributed by atoms with Crippen LogP contribution >= 0.6 is 0 Å². The maximum atomic E-state index is 14.9. The maximum Gasteiger partial charge on any atom is 0.429 e. The zero-order valence-corrected chi connectivity index (χ0v) is 22.5. The molecular formula is C30H24F8O5. The molecule has 3 aliphatic rings. The molecule has 0 N–H and O–H groups in total. The summed E-state index contributed by atoms with van der Waals surface area (Å²) in [5, 5.41) is 0. The molecule has 3 aromatic rings. The van der Waals surface area contributed by atoms with E-state index in [0.717, 1.165) is 25.0 Å². The topological polar surface area (TPSA) is 46.2 Å². The summed E-state index contributed by atoms with van der Waals surface area (Å²) in [4.78, 5) is 0. The highest BCUT2D eigenvalue weighted by molar-refractivity contribution is 5.64. The van der Waals surface area contributed by atoms with Crippen molar-refractivity contribution in [2.45, 2.75) is 38.0 Å². The minimum atomic E-state index is -4.81. The second kappa shape index (κ2) is 11.4. The summed E-state index contributed by atoms with van der Waals surface area (Å²) in [5.41, 5.74) is -0.120. The summed E-state index contributed by atoms with van der Waals surface area (Å²) in [7, 11) is 0. The molecule has 3 aliphatic heterocycles. The van der Waals surface area contributed by atoms with Crippen molar-refractivity contribution < 1.29 is 58.8 Å². The third-order valence-corrected chi connectivity index (χ3v) is 7.00. The number of alkyl halides is 5. The molecule has 0 unspecified atom stereocenters. The van der Waals surface area contributed by atoms with Gasteiger partial charge in [-0.2, -0.15) is 22.0 Å². The highest BCUT2D eigenvalue weighted by atomic mass is 19.4. The van der Waals surface area contributed by atoms with Crippen LogP contribution in [0.5, 0.6) is 11.5 Å². The van der Waals surface area contributed by atoms with Gasteiger partial charge in [-0.05, 0) is 29.7 Å². The van der Waals surface area contributed by atoms with Gasteiger partial charge in [0.1, 0.15) is 11.6 Å². The molecule has 3 aromatic carbocycles. The van der Waals surface area contributed by atoms with Crippen molar-refractivity contribution in [1.82, 2.24) is 0 Å². The van der Waals surface area contributed by atoms with E-state index in [9.17, 15) is 35.1 Å². The molecule has 3 saturated heterocycles. The molecule has 0 radical (unpaired) electrons. The molecule has 5 nitrogen and oxygen atoms in total. The van der Waals surface area contributed by atoms with Crippen molar-refractivity contribution in [3.63, 3.8) is 0 Å². The van der Waals surface area contributed by atoms with Crippen molar-refractivity contribution in [2.24, 2.45) is 5.41 Å². The first-order chi connectivity index (χ1) is 20.2. The van der Waals surface area contributed by atoms with E-state index in [-0.39, 0.29) is 29.4 Å². The van der Waals surface area contributed by atoms with Crippen LogP contribution in [-0.4, -0.2) is 26.0 Å². The van der Waals surface area contributed by atoms with E-state index in [1.165, 1.54) is 6.07 Å². The highest BCUT2D eigenvalue weighted by Gasteiger charge is 2.53. The Morgan fingerprint density at radius 2 is 1.37 bits per heavy atom. The van der Waals surface area contributed by atoms with Gasteiger partial charge in [0, 0.05) is 23.1 Å². The fourth-order valence-electron chi connectivity index (χ4n) is 4.88. The van der Waals surface area contributed by atoms with Crippen LogP contribution in [0.2, 0.25) is 0 Å². The molecular weight excluding hydrogens is 592 g/mol. The third-order valence-electron chi connectivity index (χ3n) is 7.00. The molecule has 0 amide bonds. The fourth-order valence-corrected chi connectivity index (χ4v) is 4.88. The Labute approximate surface area is 240 Å². The summed E-state index contributed by atoms with van der Waals surface area (Å²) < 4.78 is 136. The lowest BCUT2D eigenvalue weighted by atomic mass is 9.83. The van der Waals surface area contributed by atoms with E-state index in [1.54, 1.807) is 24.3 Å². The fraction of sp³-hybridized carbons (Fsp3) is 0.333. The summed E-state index contributed by atoms with van der Waals surface area (Å²) in [6, 6.07) is 9.89. The Balaban J connectivity index is 1.29. The standard InChI is InChI=1S/C30H24F8O5/c1-2-9-27-15-40-30(41-16-27,42-17-27)20-6-3-18(4-7-20)19-5-8-22(23(31)12-19)29(37,38)43-21-13-24(32)26(25(33)14-21)39-11-10-28(34,35)36/h3-8,10-14H,2,9,15-17H2,1H3. The Bertz CT molecular complexity index is 1460. The summed E-state index contributed by atoms with van der Waals surface area (Å²) in [5.74, 6) is -8.32. The van der Waals surface area contributed by atoms with E-state index < -0.39 is 58.8 Å². The number of allylic oxidation sites excluding steroid dienone is 1. The minimum Gasteiger partial charge on any atom is -0.459 e. The number of fused-ring (bicyclic) bond motifs is 3. The first kappa shape index (κ1) is 30.8. The molecule has 2 bridgehead atoms. The largest absolute Gasteiger partial charge is 0.459 e. The van der Waals surface area contributed by atoms with Gasteiger partial charge in [-0.1, -0.05) is 43.7 Å². The SMILES string of the molecule is CCCC12COC(c3ccc(-c4ccc(C(F)(F)Oc5cc(F)c(OC=CC(F)(F)F)c(F)c5)c(F)c4)cc3)(OC1)OC2. The molecule has 3 fully saturated rings. The normalized spacial score (nSPS) is 22.3. The predicted octanol–water partition coefficient (Wildman–Crippen LogP) is 8.33. The highest BCUT2D eigenvalue weighted by Crippen LogP contribution is 2.46. The molecule has 230 valence electrons. The van der Waals surface area contributed by atoms with Crippen LogP contribution in [0.4, 0.5) is 35.1 Å². The van der Waals surface area contributed by atoms with Gasteiger partial charge in [-0.3, -0.25) is 0 Å². The average Bonchev–Trinajstić information content (AvgIpc) is 2.95. The van der Waals surface area contributed by atoms with E-state index in [4.69, 9.17) is 14.2 Å². The van der Waals surface area contributed by atoms with Gasteiger partial charge in [0.2, 0.25) is 0 Å². The van der Waals surface area contributed by atoms with Gasteiger partial charge >= 0.3 is 18.3 Å². The molecule has 0 saturated carbocycles. The number of benzene rings is 3. The average molecular weight is 617 g/mol. The van der Waals surface area contributed by atoms with Crippen molar-refractivity contribution in [3.05, 3.63) is 95.5 Å². The number of rotatable bonds is 9. The van der Waals surface area contributed by atoms with Crippen molar-refractivity contribution in [1.29, 1.82) is 0 Å². The Kier molecular flexibility index (Phi) is 8.18. The second-order valence-corrected chi connectivity index (χ2v) is 10.2. The number of halogens is 8. The minimum absolute atomic E-state index is 0.0154. The number of ether oxygens (including phenoxy) is 5. The van der Waals surface area contributed by atoms with Crippen LogP contribution in [0.25, 0.3) is 11.1 Å². The van der Waals surface area contributed by atoms with Crippen LogP contribution in [0.1, 0.15) is 30.9 Å². The summed E-state index contributed by atoms with van der Waals surface area (Å²) >= 11 is 0. The quantitative estimate of drug-likeness (QED) is 0.179. The zero-order chi connectivity index (χ0) is 31.0. The molecule has 3 heterocycles. The monoisotopic (exact) mass is 616 g/mol. The van der Waals surface area contributed by atoms with E-state index in [1.807, 2.05) is 0 Å². The first-order valence-electron chi connectivity index (χ1n) is 13.0. The van der Waals surface area contributed by atoms with Crippen molar-refractivity contribution >= 4 is 0 Å². The third kappa shape index (κ3) is 6.48. The van der Waals surface area contributed by atoms with Crippen molar-refractivity contribution in [3.8, 4) is 22.6 Å².